The third kappa shape index (κ3) is 3.28. The molecule has 1 N–H and O–H groups in total. The highest BCUT2D eigenvalue weighted by Crippen LogP contribution is 2.36. The summed E-state index contributed by atoms with van der Waals surface area (Å²) in [5.74, 6) is 0. The van der Waals surface area contributed by atoms with Crippen molar-refractivity contribution in [2.45, 2.75) is 38.0 Å². The monoisotopic (exact) mass is 273 g/mol. The van der Waals surface area contributed by atoms with Gasteiger partial charge in [-0.15, -0.1) is 0 Å². The molecule has 0 saturated carbocycles. The SMILES string of the molecule is COC[C@@H](C)N[C@H]1CCc2cc(C(F)(F)F)ccc21. The Labute approximate surface area is 111 Å². The van der Waals surface area contributed by atoms with Crippen molar-refractivity contribution in [3.8, 4) is 0 Å². The normalized spacial score (nSPS) is 20.4. The van der Waals surface area contributed by atoms with Crippen LogP contribution >= 0.6 is 0 Å². The summed E-state index contributed by atoms with van der Waals surface area (Å²) < 4.78 is 42.9. The van der Waals surface area contributed by atoms with Crippen molar-refractivity contribution in [3.05, 3.63) is 34.9 Å². The Bertz CT molecular complexity index is 445. The van der Waals surface area contributed by atoms with E-state index in [1.165, 1.54) is 12.1 Å². The topological polar surface area (TPSA) is 21.3 Å². The number of hydrogen-bond donors (Lipinski definition) is 1. The lowest BCUT2D eigenvalue weighted by atomic mass is 10.0. The van der Waals surface area contributed by atoms with Crippen molar-refractivity contribution in [1.82, 2.24) is 5.32 Å². The summed E-state index contributed by atoms with van der Waals surface area (Å²) in [7, 11) is 1.64. The van der Waals surface area contributed by atoms with Gasteiger partial charge in [0.05, 0.1) is 12.2 Å². The lowest BCUT2D eigenvalue weighted by Crippen LogP contribution is -2.32. The van der Waals surface area contributed by atoms with E-state index in [9.17, 15) is 13.2 Å². The van der Waals surface area contributed by atoms with Gasteiger partial charge in [0.15, 0.2) is 0 Å². The zero-order chi connectivity index (χ0) is 14.0. The molecule has 1 aliphatic rings. The molecule has 0 radical (unpaired) electrons. The van der Waals surface area contributed by atoms with E-state index in [-0.39, 0.29) is 12.1 Å². The smallest absolute Gasteiger partial charge is 0.383 e. The number of methoxy groups -OCH3 is 1. The summed E-state index contributed by atoms with van der Waals surface area (Å²) in [5, 5.41) is 3.39. The molecule has 0 saturated heterocycles. The first-order chi connectivity index (χ1) is 8.91. The maximum Gasteiger partial charge on any atom is 0.416 e. The Balaban J connectivity index is 2.13. The van der Waals surface area contributed by atoms with Crippen molar-refractivity contribution in [3.63, 3.8) is 0 Å². The van der Waals surface area contributed by atoms with Crippen LogP contribution in [0.2, 0.25) is 0 Å². The van der Waals surface area contributed by atoms with Crippen LogP contribution < -0.4 is 5.32 Å². The first kappa shape index (κ1) is 14.3. The molecule has 2 nitrogen and oxygen atoms in total. The predicted molar refractivity (Wildman–Crippen MR) is 67.0 cm³/mol. The molecule has 19 heavy (non-hydrogen) atoms. The highest BCUT2D eigenvalue weighted by atomic mass is 19.4. The van der Waals surface area contributed by atoms with E-state index in [1.807, 2.05) is 6.92 Å². The fourth-order valence-electron chi connectivity index (χ4n) is 2.61. The van der Waals surface area contributed by atoms with Crippen LogP contribution in [-0.2, 0) is 17.3 Å². The molecule has 0 unspecified atom stereocenters. The van der Waals surface area contributed by atoms with Crippen molar-refractivity contribution in [2.24, 2.45) is 0 Å². The fraction of sp³-hybridized carbons (Fsp3) is 0.571. The Morgan fingerprint density at radius 2 is 2.16 bits per heavy atom. The van der Waals surface area contributed by atoms with Gasteiger partial charge in [0.2, 0.25) is 0 Å². The van der Waals surface area contributed by atoms with E-state index in [4.69, 9.17) is 4.74 Å². The molecule has 2 atom stereocenters. The molecule has 1 aromatic rings. The first-order valence-corrected chi connectivity index (χ1v) is 6.37. The highest BCUT2D eigenvalue weighted by molar-refractivity contribution is 5.39. The van der Waals surface area contributed by atoms with E-state index in [0.29, 0.717) is 13.0 Å². The fourth-order valence-corrected chi connectivity index (χ4v) is 2.61. The summed E-state index contributed by atoms with van der Waals surface area (Å²) in [6.07, 6.45) is -2.73. The number of alkyl halides is 3. The van der Waals surface area contributed by atoms with Gasteiger partial charge in [0.1, 0.15) is 0 Å². The van der Waals surface area contributed by atoms with Gasteiger partial charge >= 0.3 is 6.18 Å². The maximum atomic E-state index is 12.6. The molecule has 5 heteroatoms. The molecular weight excluding hydrogens is 255 g/mol. The third-order valence-electron chi connectivity index (χ3n) is 3.45. The van der Waals surface area contributed by atoms with Crippen LogP contribution in [0.4, 0.5) is 13.2 Å². The minimum atomic E-state index is -4.26. The summed E-state index contributed by atoms with van der Waals surface area (Å²) >= 11 is 0. The standard InChI is InChI=1S/C14H18F3NO/c1-9(8-19-2)18-13-6-3-10-7-11(14(15,16)17)4-5-12(10)13/h4-5,7,9,13,18H,3,6,8H2,1-2H3/t9-,13+/m1/s1. The predicted octanol–water partition coefficient (Wildman–Crippen LogP) is 3.32. The van der Waals surface area contributed by atoms with Gasteiger partial charge < -0.3 is 10.1 Å². The average Bonchev–Trinajstić information content (AvgIpc) is 2.71. The molecule has 106 valence electrons. The lowest BCUT2D eigenvalue weighted by molar-refractivity contribution is -0.137. The zero-order valence-electron chi connectivity index (χ0n) is 11.1. The number of halogens is 3. The second-order valence-electron chi connectivity index (χ2n) is 5.03. The molecule has 0 aromatic heterocycles. The van der Waals surface area contributed by atoms with Gasteiger partial charge in [-0.2, -0.15) is 13.2 Å². The van der Waals surface area contributed by atoms with E-state index in [1.54, 1.807) is 13.2 Å². The molecule has 1 aliphatic carbocycles. The molecule has 2 rings (SSSR count). The largest absolute Gasteiger partial charge is 0.416 e. The number of ether oxygens (including phenoxy) is 1. The zero-order valence-corrected chi connectivity index (χ0v) is 11.1. The van der Waals surface area contributed by atoms with Crippen LogP contribution in [0.3, 0.4) is 0 Å². The van der Waals surface area contributed by atoms with Gasteiger partial charge in [-0.25, -0.2) is 0 Å². The van der Waals surface area contributed by atoms with E-state index >= 15 is 0 Å². The Morgan fingerprint density at radius 3 is 2.79 bits per heavy atom. The quantitative estimate of drug-likeness (QED) is 0.908. The summed E-state index contributed by atoms with van der Waals surface area (Å²) in [5.41, 5.74) is 1.23. The lowest BCUT2D eigenvalue weighted by Gasteiger charge is -2.20. The number of fused-ring (bicyclic) bond motifs is 1. The molecular formula is C14H18F3NO. The third-order valence-corrected chi connectivity index (χ3v) is 3.45. The Morgan fingerprint density at radius 1 is 1.42 bits per heavy atom. The number of hydrogen-bond acceptors (Lipinski definition) is 2. The van der Waals surface area contributed by atoms with Crippen LogP contribution in [0.25, 0.3) is 0 Å². The molecule has 0 spiro atoms. The molecule has 0 amide bonds. The number of benzene rings is 1. The average molecular weight is 273 g/mol. The summed E-state index contributed by atoms with van der Waals surface area (Å²) in [6.45, 7) is 2.60. The number of aryl methyl sites for hydroxylation is 1. The minimum Gasteiger partial charge on any atom is -0.383 e. The van der Waals surface area contributed by atoms with Crippen molar-refractivity contribution >= 4 is 0 Å². The van der Waals surface area contributed by atoms with Crippen molar-refractivity contribution in [1.29, 1.82) is 0 Å². The van der Waals surface area contributed by atoms with E-state index in [2.05, 4.69) is 5.32 Å². The maximum absolute atomic E-state index is 12.6. The first-order valence-electron chi connectivity index (χ1n) is 6.37. The van der Waals surface area contributed by atoms with Gasteiger partial charge in [-0.1, -0.05) is 6.07 Å². The Kier molecular flexibility index (Phi) is 4.16. The highest BCUT2D eigenvalue weighted by Gasteiger charge is 2.33. The van der Waals surface area contributed by atoms with Crippen LogP contribution in [-0.4, -0.2) is 19.8 Å². The molecule has 0 bridgehead atoms. The minimum absolute atomic E-state index is 0.127. The second-order valence-corrected chi connectivity index (χ2v) is 5.03. The van der Waals surface area contributed by atoms with Gasteiger partial charge in [-0.05, 0) is 43.0 Å². The molecule has 0 heterocycles. The Hall–Kier alpha value is -1.07. The van der Waals surface area contributed by atoms with E-state index in [0.717, 1.165) is 17.5 Å². The van der Waals surface area contributed by atoms with Crippen molar-refractivity contribution < 1.29 is 17.9 Å². The van der Waals surface area contributed by atoms with Crippen LogP contribution in [0, 0.1) is 0 Å². The van der Waals surface area contributed by atoms with Gasteiger partial charge in [0.25, 0.3) is 0 Å². The van der Waals surface area contributed by atoms with Gasteiger partial charge in [0, 0.05) is 19.2 Å². The summed E-state index contributed by atoms with van der Waals surface area (Å²) in [4.78, 5) is 0. The molecule has 1 aromatic carbocycles. The van der Waals surface area contributed by atoms with Gasteiger partial charge in [-0.3, -0.25) is 0 Å². The molecule has 0 aliphatic heterocycles. The van der Waals surface area contributed by atoms with Crippen LogP contribution in [0.15, 0.2) is 18.2 Å². The van der Waals surface area contributed by atoms with Crippen LogP contribution in [0.1, 0.15) is 36.1 Å². The van der Waals surface area contributed by atoms with Crippen molar-refractivity contribution in [2.75, 3.05) is 13.7 Å². The number of rotatable bonds is 4. The van der Waals surface area contributed by atoms with Crippen LogP contribution in [0.5, 0.6) is 0 Å². The second kappa shape index (κ2) is 5.51. The summed E-state index contributed by atoms with van der Waals surface area (Å²) in [6, 6.07) is 4.35. The van der Waals surface area contributed by atoms with E-state index < -0.39 is 11.7 Å². The number of nitrogens with one attached hydrogen (secondary N) is 1. The molecule has 0 fully saturated rings.